The number of rotatable bonds is 9. The highest BCUT2D eigenvalue weighted by Crippen LogP contribution is 2.56. The van der Waals surface area contributed by atoms with Crippen molar-refractivity contribution in [3.8, 4) is 0 Å². The number of hydrogen-bond acceptors (Lipinski definition) is 5. The van der Waals surface area contributed by atoms with Crippen molar-refractivity contribution in [3.63, 3.8) is 0 Å². The van der Waals surface area contributed by atoms with Gasteiger partial charge in [-0.25, -0.2) is 0 Å². The molecule has 1 unspecified atom stereocenters. The van der Waals surface area contributed by atoms with Crippen molar-refractivity contribution in [3.05, 3.63) is 0 Å². The molecule has 1 atom stereocenters. The van der Waals surface area contributed by atoms with Gasteiger partial charge in [0, 0.05) is 13.2 Å². The lowest BCUT2D eigenvalue weighted by Gasteiger charge is -2.34. The predicted molar refractivity (Wildman–Crippen MR) is 77.4 cm³/mol. The molecule has 104 valence electrons. The van der Waals surface area contributed by atoms with Gasteiger partial charge in [0.05, 0.1) is 6.61 Å². The maximum absolute atomic E-state index is 6.03. The monoisotopic (exact) mass is 300 g/mol. The average molecular weight is 300 g/mol. The summed E-state index contributed by atoms with van der Waals surface area (Å²) in [6.07, 6.45) is 0. The Hall–Kier alpha value is 0.707. The first-order valence-corrected chi connectivity index (χ1v) is 12.1. The molecule has 4 nitrogen and oxygen atoms in total. The Labute approximate surface area is 111 Å². The molecule has 0 rings (SSSR count). The maximum Gasteiger partial charge on any atom is 0.235 e. The first-order valence-electron chi connectivity index (χ1n) is 5.97. The zero-order valence-electron chi connectivity index (χ0n) is 11.7. The van der Waals surface area contributed by atoms with E-state index in [1.54, 1.807) is 0 Å². The van der Waals surface area contributed by atoms with Crippen molar-refractivity contribution in [2.24, 2.45) is 0 Å². The van der Waals surface area contributed by atoms with Gasteiger partial charge in [0.2, 0.25) is 12.5 Å². The number of ether oxygens (including phenoxy) is 2. The molecule has 0 aromatic rings. The van der Waals surface area contributed by atoms with E-state index >= 15 is 0 Å². The van der Waals surface area contributed by atoms with Crippen molar-refractivity contribution in [2.75, 3.05) is 19.8 Å². The molecule has 0 aliphatic carbocycles. The molecule has 0 amide bonds. The Kier molecular flexibility index (Phi) is 8.33. The largest absolute Gasteiger partial charge is 0.368 e. The second-order valence-corrected chi connectivity index (χ2v) is 12.6. The molecule has 0 saturated heterocycles. The first-order chi connectivity index (χ1) is 7.79. The van der Waals surface area contributed by atoms with Gasteiger partial charge in [-0.05, 0) is 52.2 Å². The summed E-state index contributed by atoms with van der Waals surface area (Å²) in [7, 11) is -1.79. The van der Waals surface area contributed by atoms with Crippen LogP contribution in [0, 0.1) is 0 Å². The maximum atomic E-state index is 6.03. The van der Waals surface area contributed by atoms with Crippen molar-refractivity contribution in [1.29, 1.82) is 0 Å². The Morgan fingerprint density at radius 2 is 1.47 bits per heavy atom. The van der Waals surface area contributed by atoms with Crippen molar-refractivity contribution >= 4 is 26.6 Å². The van der Waals surface area contributed by atoms with E-state index in [2.05, 4.69) is 19.6 Å². The van der Waals surface area contributed by atoms with Crippen molar-refractivity contribution < 1.29 is 18.2 Å². The van der Waals surface area contributed by atoms with Crippen LogP contribution in [0.4, 0.5) is 0 Å². The smallest absolute Gasteiger partial charge is 0.235 e. The Morgan fingerprint density at radius 1 is 1.00 bits per heavy atom. The van der Waals surface area contributed by atoms with E-state index in [0.29, 0.717) is 19.8 Å². The second kappa shape index (κ2) is 7.99. The Balaban J connectivity index is 4.92. The van der Waals surface area contributed by atoms with Gasteiger partial charge < -0.3 is 18.2 Å². The lowest BCUT2D eigenvalue weighted by atomic mass is 10.9. The topological polar surface area (TPSA) is 36.9 Å². The third-order valence-electron chi connectivity index (χ3n) is 1.59. The summed E-state index contributed by atoms with van der Waals surface area (Å²) in [5, 5.41) is 0. The second-order valence-electron chi connectivity index (χ2n) is 4.38. The third-order valence-corrected chi connectivity index (χ3v) is 7.73. The van der Waals surface area contributed by atoms with Gasteiger partial charge in [-0.3, -0.25) is 0 Å². The van der Waals surface area contributed by atoms with Crippen molar-refractivity contribution in [1.82, 2.24) is 0 Å². The molecule has 0 aliphatic rings. The summed E-state index contributed by atoms with van der Waals surface area (Å²) in [6, 6.07) is -0.556. The van der Waals surface area contributed by atoms with Crippen LogP contribution in [0.2, 0.25) is 19.6 Å². The molecule has 0 aromatic carbocycles. The molecule has 0 saturated carbocycles. The lowest BCUT2D eigenvalue weighted by molar-refractivity contribution is -0.0892. The minimum atomic E-state index is -2.53. The van der Waals surface area contributed by atoms with E-state index < -0.39 is 20.8 Å². The van der Waals surface area contributed by atoms with E-state index in [9.17, 15) is 0 Å². The van der Waals surface area contributed by atoms with Crippen LogP contribution in [0.1, 0.15) is 20.8 Å². The fourth-order valence-electron chi connectivity index (χ4n) is 1.21. The molecule has 0 fully saturated rings. The average Bonchev–Trinajstić information content (AvgIpc) is 2.15. The SMILES string of the molecule is CCOC(OCC)P(=S)(OCC)O[Si](C)(C)C. The molecule has 0 aromatic heterocycles. The van der Waals surface area contributed by atoms with Gasteiger partial charge in [-0.15, -0.1) is 0 Å². The molecule has 7 heteroatoms. The summed E-state index contributed by atoms with van der Waals surface area (Å²) in [5.74, 6) is 0. The fraction of sp³-hybridized carbons (Fsp3) is 1.00. The summed E-state index contributed by atoms with van der Waals surface area (Å²) >= 11 is 5.55. The van der Waals surface area contributed by atoms with Crippen LogP contribution < -0.4 is 0 Å². The molecule has 0 spiro atoms. The van der Waals surface area contributed by atoms with Crippen LogP contribution in [-0.2, 0) is 30.0 Å². The van der Waals surface area contributed by atoms with Crippen molar-refractivity contribution in [2.45, 2.75) is 46.4 Å². The van der Waals surface area contributed by atoms with Crippen LogP contribution in [0.15, 0.2) is 0 Å². The molecule has 0 aliphatic heterocycles. The summed E-state index contributed by atoms with van der Waals surface area (Å²) < 4.78 is 22.8. The normalized spacial score (nSPS) is 16.2. The summed E-state index contributed by atoms with van der Waals surface area (Å²) in [4.78, 5) is 0. The zero-order chi connectivity index (χ0) is 13.5. The van der Waals surface area contributed by atoms with Gasteiger partial charge in [-0.2, -0.15) is 0 Å². The van der Waals surface area contributed by atoms with Gasteiger partial charge in [0.1, 0.15) is 0 Å². The standard InChI is InChI=1S/C10H25O4PSSi/c1-7-11-10(12-8-2)15(16,13-9-3)14-17(4,5)6/h10H,7-9H2,1-6H3. The molecule has 17 heavy (non-hydrogen) atoms. The van der Waals surface area contributed by atoms with Crippen LogP contribution in [0.25, 0.3) is 0 Å². The van der Waals surface area contributed by atoms with Gasteiger partial charge in [0.15, 0.2) is 8.32 Å². The van der Waals surface area contributed by atoms with E-state index in [4.69, 9.17) is 30.0 Å². The number of hydrogen-bond donors (Lipinski definition) is 0. The van der Waals surface area contributed by atoms with Crippen LogP contribution in [-0.4, -0.2) is 34.2 Å². The van der Waals surface area contributed by atoms with Gasteiger partial charge >= 0.3 is 0 Å². The Morgan fingerprint density at radius 3 is 1.76 bits per heavy atom. The molecular formula is C10H25O4PSSi. The highest BCUT2D eigenvalue weighted by molar-refractivity contribution is 8.10. The Bertz CT molecular complexity index is 251. The quantitative estimate of drug-likeness (QED) is 0.370. The van der Waals surface area contributed by atoms with Gasteiger partial charge in [-0.1, -0.05) is 0 Å². The molecule has 0 radical (unpaired) electrons. The van der Waals surface area contributed by atoms with Crippen LogP contribution in [0.3, 0.4) is 0 Å². The minimum Gasteiger partial charge on any atom is -0.368 e. The highest BCUT2D eigenvalue weighted by Gasteiger charge is 2.36. The highest BCUT2D eigenvalue weighted by atomic mass is 32.5. The molecule has 0 heterocycles. The molecular weight excluding hydrogens is 275 g/mol. The first kappa shape index (κ1) is 17.7. The predicted octanol–water partition coefficient (Wildman–Crippen LogP) is 3.54. The molecule has 0 N–H and O–H groups in total. The minimum absolute atomic E-state index is 0.512. The van der Waals surface area contributed by atoms with E-state index in [1.807, 2.05) is 20.8 Å². The zero-order valence-corrected chi connectivity index (χ0v) is 14.4. The van der Waals surface area contributed by atoms with E-state index in [-0.39, 0.29) is 0 Å². The van der Waals surface area contributed by atoms with Crippen LogP contribution >= 0.6 is 6.49 Å². The van der Waals surface area contributed by atoms with Crippen LogP contribution in [0.5, 0.6) is 0 Å². The van der Waals surface area contributed by atoms with Gasteiger partial charge in [0.25, 0.3) is 0 Å². The fourth-order valence-corrected chi connectivity index (χ4v) is 8.66. The lowest BCUT2D eigenvalue weighted by Crippen LogP contribution is -2.30. The van der Waals surface area contributed by atoms with E-state index in [1.165, 1.54) is 0 Å². The summed E-state index contributed by atoms with van der Waals surface area (Å²) in [6.45, 7) is 11.0. The summed E-state index contributed by atoms with van der Waals surface area (Å²) in [5.41, 5.74) is 0. The van der Waals surface area contributed by atoms with E-state index in [0.717, 1.165) is 0 Å². The molecule has 0 bridgehead atoms. The third kappa shape index (κ3) is 7.01.